The van der Waals surface area contributed by atoms with Crippen molar-refractivity contribution in [2.45, 2.75) is 38.7 Å². The Morgan fingerprint density at radius 3 is 2.47 bits per heavy atom. The molecule has 1 aliphatic rings. The first kappa shape index (κ1) is 13.4. The first-order valence-corrected chi connectivity index (χ1v) is 7.37. The lowest BCUT2D eigenvalue weighted by Gasteiger charge is -2.30. The number of benzene rings is 1. The summed E-state index contributed by atoms with van der Waals surface area (Å²) in [7, 11) is 0. The molecule has 0 amide bonds. The van der Waals surface area contributed by atoms with Gasteiger partial charge in [-0.3, -0.25) is 0 Å². The van der Waals surface area contributed by atoms with Gasteiger partial charge in [0.25, 0.3) is 0 Å². The van der Waals surface area contributed by atoms with Crippen LogP contribution in [-0.4, -0.2) is 5.11 Å². The zero-order valence-corrected chi connectivity index (χ0v) is 12.3. The summed E-state index contributed by atoms with van der Waals surface area (Å²) < 4.78 is 0.934. The average Bonchev–Trinajstić information content (AvgIpc) is 2.28. The lowest BCUT2D eigenvalue weighted by atomic mass is 9.78. The van der Waals surface area contributed by atoms with Crippen molar-refractivity contribution < 1.29 is 5.11 Å². The Morgan fingerprint density at radius 1 is 1.24 bits per heavy atom. The second-order valence-electron chi connectivity index (χ2n) is 5.17. The summed E-state index contributed by atoms with van der Waals surface area (Å²) >= 11 is 9.43. The number of aliphatic hydroxyl groups excluding tert-OH is 1. The van der Waals surface area contributed by atoms with Crippen molar-refractivity contribution in [2.75, 3.05) is 0 Å². The molecule has 0 heterocycles. The smallest absolute Gasteiger partial charge is 0.0819 e. The van der Waals surface area contributed by atoms with E-state index in [4.69, 9.17) is 11.6 Å². The zero-order valence-electron chi connectivity index (χ0n) is 10.00. The third-order valence-electron chi connectivity index (χ3n) is 3.73. The van der Waals surface area contributed by atoms with Crippen molar-refractivity contribution in [3.8, 4) is 0 Å². The van der Waals surface area contributed by atoms with Gasteiger partial charge in [0, 0.05) is 9.50 Å². The van der Waals surface area contributed by atoms with Gasteiger partial charge in [-0.15, -0.1) is 0 Å². The van der Waals surface area contributed by atoms with Crippen LogP contribution < -0.4 is 0 Å². The standard InChI is InChI=1S/C14H18BrClO/c1-9-2-4-10(5-3-9)14(17)11-6-12(15)8-13(16)7-11/h6-10,14,17H,2-5H2,1H3. The van der Waals surface area contributed by atoms with E-state index in [-0.39, 0.29) is 6.10 Å². The highest BCUT2D eigenvalue weighted by Gasteiger charge is 2.25. The first-order chi connectivity index (χ1) is 8.06. The fourth-order valence-corrected chi connectivity index (χ4v) is 3.51. The molecule has 1 aliphatic carbocycles. The first-order valence-electron chi connectivity index (χ1n) is 6.20. The SMILES string of the molecule is CC1CCC(C(O)c2cc(Cl)cc(Br)c2)CC1. The van der Waals surface area contributed by atoms with Crippen LogP contribution >= 0.6 is 27.5 Å². The highest BCUT2D eigenvalue weighted by Crippen LogP contribution is 2.37. The lowest BCUT2D eigenvalue weighted by Crippen LogP contribution is -2.19. The molecule has 0 aromatic heterocycles. The van der Waals surface area contributed by atoms with E-state index in [0.717, 1.165) is 28.8 Å². The second kappa shape index (κ2) is 5.73. The van der Waals surface area contributed by atoms with Gasteiger partial charge in [-0.25, -0.2) is 0 Å². The molecule has 0 bridgehead atoms. The van der Waals surface area contributed by atoms with Gasteiger partial charge in [0.1, 0.15) is 0 Å². The molecule has 0 saturated heterocycles. The molecule has 0 spiro atoms. The van der Waals surface area contributed by atoms with Gasteiger partial charge in [-0.2, -0.15) is 0 Å². The van der Waals surface area contributed by atoms with Crippen LogP contribution in [0.2, 0.25) is 5.02 Å². The summed E-state index contributed by atoms with van der Waals surface area (Å²) in [4.78, 5) is 0. The van der Waals surface area contributed by atoms with Gasteiger partial charge in [0.05, 0.1) is 6.10 Å². The van der Waals surface area contributed by atoms with Gasteiger partial charge < -0.3 is 5.11 Å². The molecule has 17 heavy (non-hydrogen) atoms. The van der Waals surface area contributed by atoms with Crippen molar-refractivity contribution in [1.29, 1.82) is 0 Å². The van der Waals surface area contributed by atoms with Crippen LogP contribution in [0.5, 0.6) is 0 Å². The molecule has 1 N–H and O–H groups in total. The molecule has 1 atom stereocenters. The molecule has 1 fully saturated rings. The minimum absolute atomic E-state index is 0.377. The average molecular weight is 318 g/mol. The van der Waals surface area contributed by atoms with E-state index >= 15 is 0 Å². The van der Waals surface area contributed by atoms with E-state index < -0.39 is 0 Å². The highest BCUT2D eigenvalue weighted by atomic mass is 79.9. The van der Waals surface area contributed by atoms with Gasteiger partial charge in [0.2, 0.25) is 0 Å². The molecular weight excluding hydrogens is 300 g/mol. The monoisotopic (exact) mass is 316 g/mol. The van der Waals surface area contributed by atoms with Crippen LogP contribution in [0.15, 0.2) is 22.7 Å². The lowest BCUT2D eigenvalue weighted by molar-refractivity contribution is 0.0755. The molecular formula is C14H18BrClO. The maximum atomic E-state index is 10.4. The maximum Gasteiger partial charge on any atom is 0.0819 e. The van der Waals surface area contributed by atoms with Crippen LogP contribution in [-0.2, 0) is 0 Å². The topological polar surface area (TPSA) is 20.2 Å². The number of halogens is 2. The molecule has 1 saturated carbocycles. The Morgan fingerprint density at radius 2 is 1.88 bits per heavy atom. The quantitative estimate of drug-likeness (QED) is 0.817. The Bertz CT molecular complexity index is 366. The van der Waals surface area contributed by atoms with E-state index in [9.17, 15) is 5.11 Å². The zero-order chi connectivity index (χ0) is 12.4. The Hall–Kier alpha value is -0.0500. The van der Waals surface area contributed by atoms with Crippen LogP contribution in [0.25, 0.3) is 0 Å². The summed E-state index contributed by atoms with van der Waals surface area (Å²) in [5.74, 6) is 1.20. The van der Waals surface area contributed by atoms with E-state index in [0.29, 0.717) is 10.9 Å². The van der Waals surface area contributed by atoms with E-state index in [1.54, 1.807) is 0 Å². The van der Waals surface area contributed by atoms with Crippen LogP contribution in [0.4, 0.5) is 0 Å². The largest absolute Gasteiger partial charge is 0.388 e. The Labute approximate surface area is 116 Å². The van der Waals surface area contributed by atoms with Crippen LogP contribution in [0, 0.1) is 11.8 Å². The fraction of sp³-hybridized carbons (Fsp3) is 0.571. The van der Waals surface area contributed by atoms with E-state index in [2.05, 4.69) is 22.9 Å². The number of hydrogen-bond acceptors (Lipinski definition) is 1. The van der Waals surface area contributed by atoms with Gasteiger partial charge in [0.15, 0.2) is 0 Å². The highest BCUT2D eigenvalue weighted by molar-refractivity contribution is 9.10. The van der Waals surface area contributed by atoms with Gasteiger partial charge >= 0.3 is 0 Å². The summed E-state index contributed by atoms with van der Waals surface area (Å²) in [6.07, 6.45) is 4.31. The van der Waals surface area contributed by atoms with Crippen molar-refractivity contribution in [3.63, 3.8) is 0 Å². The van der Waals surface area contributed by atoms with E-state index in [1.165, 1.54) is 12.8 Å². The summed E-state index contributed by atoms with van der Waals surface area (Å²) in [6, 6.07) is 5.68. The summed E-state index contributed by atoms with van der Waals surface area (Å²) in [6.45, 7) is 2.29. The molecule has 0 aliphatic heterocycles. The second-order valence-corrected chi connectivity index (χ2v) is 6.52. The maximum absolute atomic E-state index is 10.4. The van der Waals surface area contributed by atoms with Crippen molar-refractivity contribution in [3.05, 3.63) is 33.3 Å². The number of hydrogen-bond donors (Lipinski definition) is 1. The van der Waals surface area contributed by atoms with Gasteiger partial charge in [-0.05, 0) is 48.4 Å². The summed E-state index contributed by atoms with van der Waals surface area (Å²) in [5.41, 5.74) is 0.934. The van der Waals surface area contributed by atoms with Crippen molar-refractivity contribution in [1.82, 2.24) is 0 Å². The molecule has 1 nitrogen and oxygen atoms in total. The number of rotatable bonds is 2. The van der Waals surface area contributed by atoms with Crippen LogP contribution in [0.3, 0.4) is 0 Å². The van der Waals surface area contributed by atoms with Crippen molar-refractivity contribution in [2.24, 2.45) is 11.8 Å². The predicted octanol–water partition coefficient (Wildman–Crippen LogP) is 4.96. The minimum atomic E-state index is -0.377. The molecule has 0 radical (unpaired) electrons. The molecule has 94 valence electrons. The minimum Gasteiger partial charge on any atom is -0.388 e. The molecule has 2 rings (SSSR count). The third kappa shape index (κ3) is 3.46. The fourth-order valence-electron chi connectivity index (χ4n) is 2.62. The third-order valence-corrected chi connectivity index (χ3v) is 4.41. The van der Waals surface area contributed by atoms with Crippen LogP contribution in [0.1, 0.15) is 44.3 Å². The predicted molar refractivity (Wildman–Crippen MR) is 75.2 cm³/mol. The van der Waals surface area contributed by atoms with E-state index in [1.807, 2.05) is 18.2 Å². The normalized spacial score (nSPS) is 26.8. The van der Waals surface area contributed by atoms with Crippen molar-refractivity contribution >= 4 is 27.5 Å². The molecule has 1 unspecified atom stereocenters. The Balaban J connectivity index is 2.10. The molecule has 3 heteroatoms. The molecule has 1 aromatic rings. The Kier molecular flexibility index (Phi) is 4.51. The summed E-state index contributed by atoms with van der Waals surface area (Å²) in [5, 5.41) is 11.1. The number of aliphatic hydroxyl groups is 1. The van der Waals surface area contributed by atoms with Gasteiger partial charge in [-0.1, -0.05) is 47.3 Å². The molecule has 1 aromatic carbocycles.